The third-order valence-corrected chi connectivity index (χ3v) is 4.10. The van der Waals surface area contributed by atoms with Gasteiger partial charge >= 0.3 is 0 Å². The van der Waals surface area contributed by atoms with Crippen LogP contribution in [0.2, 0.25) is 0 Å². The molecule has 3 heteroatoms. The van der Waals surface area contributed by atoms with E-state index in [9.17, 15) is 4.79 Å². The number of para-hydroxylation sites is 2. The normalized spacial score (nSPS) is 14.7. The molecular weight excluding hydrogens is 310 g/mol. The lowest BCUT2D eigenvalue weighted by atomic mass is 10.1. The van der Waals surface area contributed by atoms with Crippen LogP contribution in [0.3, 0.4) is 0 Å². The van der Waals surface area contributed by atoms with Crippen molar-refractivity contribution in [3.63, 3.8) is 0 Å². The Balaban J connectivity index is 1.73. The highest BCUT2D eigenvalue weighted by atomic mass is 16.5. The number of carbonyl (C=O) groups excluding carboxylic acids is 1. The summed E-state index contributed by atoms with van der Waals surface area (Å²) in [5.41, 5.74) is 2.50. The number of amides is 1. The first-order valence-electron chi connectivity index (χ1n) is 8.21. The molecule has 25 heavy (non-hydrogen) atoms. The molecule has 0 bridgehead atoms. The van der Waals surface area contributed by atoms with Crippen LogP contribution in [-0.4, -0.2) is 12.5 Å². The summed E-state index contributed by atoms with van der Waals surface area (Å²) in [4.78, 5) is 14.8. The summed E-state index contributed by atoms with van der Waals surface area (Å²) in [7, 11) is 0. The van der Waals surface area contributed by atoms with Gasteiger partial charge in [0.15, 0.2) is 5.75 Å². The van der Waals surface area contributed by atoms with Crippen LogP contribution in [0.5, 0.6) is 5.75 Å². The Kier molecular flexibility index (Phi) is 4.05. The number of rotatable bonds is 2. The van der Waals surface area contributed by atoms with Crippen molar-refractivity contribution in [1.29, 1.82) is 0 Å². The minimum atomic E-state index is -0.0321. The summed E-state index contributed by atoms with van der Waals surface area (Å²) in [5.74, 6) is 1.41. The van der Waals surface area contributed by atoms with Crippen LogP contribution in [0.25, 0.3) is 6.08 Å². The van der Waals surface area contributed by atoms with E-state index in [2.05, 4.69) is 0 Å². The summed E-state index contributed by atoms with van der Waals surface area (Å²) >= 11 is 0. The van der Waals surface area contributed by atoms with Crippen molar-refractivity contribution in [2.75, 3.05) is 11.4 Å². The van der Waals surface area contributed by atoms with Crippen molar-refractivity contribution in [2.24, 2.45) is 0 Å². The highest BCUT2D eigenvalue weighted by Crippen LogP contribution is 2.35. The maximum Gasteiger partial charge on any atom is 0.258 e. The fraction of sp³-hybridized carbons (Fsp3) is 0.0455. The van der Waals surface area contributed by atoms with E-state index in [1.54, 1.807) is 4.90 Å². The molecule has 122 valence electrons. The van der Waals surface area contributed by atoms with Gasteiger partial charge in [-0.2, -0.15) is 0 Å². The molecule has 1 aliphatic heterocycles. The second-order valence-corrected chi connectivity index (χ2v) is 5.85. The average Bonchev–Trinajstić information content (AvgIpc) is 2.68. The number of hydrogen-bond acceptors (Lipinski definition) is 2. The Morgan fingerprint density at radius 2 is 1.48 bits per heavy atom. The van der Waals surface area contributed by atoms with Crippen molar-refractivity contribution in [3.05, 3.63) is 102 Å². The van der Waals surface area contributed by atoms with E-state index in [1.807, 2.05) is 91.0 Å². The second kappa shape index (κ2) is 6.65. The molecule has 0 saturated heterocycles. The third kappa shape index (κ3) is 3.17. The number of benzene rings is 3. The van der Waals surface area contributed by atoms with Gasteiger partial charge in [0, 0.05) is 5.56 Å². The van der Waals surface area contributed by atoms with E-state index >= 15 is 0 Å². The van der Waals surface area contributed by atoms with Gasteiger partial charge in [-0.25, -0.2) is 0 Å². The highest BCUT2D eigenvalue weighted by molar-refractivity contribution is 6.07. The molecular formula is C22H17NO2. The maximum absolute atomic E-state index is 13.0. The molecule has 4 rings (SSSR count). The SMILES string of the molecule is O=C(c1ccccc1)N1C/C(=C\c2ccccc2)Oc2ccccc21. The molecule has 1 amide bonds. The van der Waals surface area contributed by atoms with E-state index in [1.165, 1.54) is 0 Å². The second-order valence-electron chi connectivity index (χ2n) is 5.85. The van der Waals surface area contributed by atoms with Crippen molar-refractivity contribution in [1.82, 2.24) is 0 Å². The molecule has 0 aliphatic carbocycles. The van der Waals surface area contributed by atoms with E-state index in [0.29, 0.717) is 17.9 Å². The summed E-state index contributed by atoms with van der Waals surface area (Å²) in [5, 5.41) is 0. The smallest absolute Gasteiger partial charge is 0.258 e. The number of carbonyl (C=O) groups is 1. The Hall–Kier alpha value is -3.33. The molecule has 1 heterocycles. The molecule has 3 aromatic rings. The Bertz CT molecular complexity index is 917. The lowest BCUT2D eigenvalue weighted by Gasteiger charge is -2.31. The zero-order valence-electron chi connectivity index (χ0n) is 13.6. The molecule has 0 N–H and O–H groups in total. The standard InChI is InChI=1S/C22H17NO2/c24-22(18-11-5-2-6-12-18)23-16-19(15-17-9-3-1-4-10-17)25-21-14-8-7-13-20(21)23/h1-15H,16H2/b19-15+. The van der Waals surface area contributed by atoms with Crippen LogP contribution in [0.15, 0.2) is 90.7 Å². The number of hydrogen-bond donors (Lipinski definition) is 0. The maximum atomic E-state index is 13.0. The van der Waals surface area contributed by atoms with Crippen LogP contribution in [0, 0.1) is 0 Å². The largest absolute Gasteiger partial charge is 0.458 e. The molecule has 3 nitrogen and oxygen atoms in total. The molecule has 0 radical (unpaired) electrons. The van der Waals surface area contributed by atoms with Crippen LogP contribution in [0.4, 0.5) is 5.69 Å². The highest BCUT2D eigenvalue weighted by Gasteiger charge is 2.27. The van der Waals surface area contributed by atoms with Gasteiger partial charge in [-0.15, -0.1) is 0 Å². The monoisotopic (exact) mass is 327 g/mol. The van der Waals surface area contributed by atoms with Crippen molar-refractivity contribution in [3.8, 4) is 5.75 Å². The van der Waals surface area contributed by atoms with Crippen molar-refractivity contribution >= 4 is 17.7 Å². The molecule has 0 fully saturated rings. The van der Waals surface area contributed by atoms with Crippen LogP contribution >= 0.6 is 0 Å². The zero-order valence-corrected chi connectivity index (χ0v) is 13.6. The zero-order chi connectivity index (χ0) is 17.1. The first-order valence-corrected chi connectivity index (χ1v) is 8.21. The molecule has 0 saturated carbocycles. The Labute approximate surface area is 146 Å². The van der Waals surface area contributed by atoms with Gasteiger partial charge in [-0.05, 0) is 35.9 Å². The van der Waals surface area contributed by atoms with Crippen LogP contribution in [-0.2, 0) is 0 Å². The number of anilines is 1. The minimum absolute atomic E-state index is 0.0321. The van der Waals surface area contributed by atoms with Gasteiger partial charge in [-0.1, -0.05) is 60.7 Å². The molecule has 3 aromatic carbocycles. The Morgan fingerprint density at radius 1 is 0.840 bits per heavy atom. The van der Waals surface area contributed by atoms with Crippen molar-refractivity contribution in [2.45, 2.75) is 0 Å². The van der Waals surface area contributed by atoms with Gasteiger partial charge in [0.05, 0.1) is 12.2 Å². The lowest BCUT2D eigenvalue weighted by Crippen LogP contribution is -2.36. The molecule has 0 spiro atoms. The molecule has 0 aromatic heterocycles. The van der Waals surface area contributed by atoms with E-state index in [4.69, 9.17) is 4.74 Å². The van der Waals surface area contributed by atoms with Crippen LogP contribution in [0.1, 0.15) is 15.9 Å². The van der Waals surface area contributed by atoms with E-state index in [-0.39, 0.29) is 5.91 Å². The predicted octanol–water partition coefficient (Wildman–Crippen LogP) is 4.77. The first-order chi connectivity index (χ1) is 12.3. The van der Waals surface area contributed by atoms with Crippen molar-refractivity contribution < 1.29 is 9.53 Å². The molecule has 0 unspecified atom stereocenters. The lowest BCUT2D eigenvalue weighted by molar-refractivity contribution is 0.0983. The summed E-state index contributed by atoms with van der Waals surface area (Å²) in [6.07, 6.45) is 1.97. The quantitative estimate of drug-likeness (QED) is 0.679. The first kappa shape index (κ1) is 15.2. The molecule has 1 aliphatic rings. The fourth-order valence-electron chi connectivity index (χ4n) is 2.91. The summed E-state index contributed by atoms with van der Waals surface area (Å²) in [6, 6.07) is 26.9. The van der Waals surface area contributed by atoms with Gasteiger partial charge in [0.1, 0.15) is 5.76 Å². The summed E-state index contributed by atoms with van der Waals surface area (Å²) < 4.78 is 6.02. The predicted molar refractivity (Wildman–Crippen MR) is 99.6 cm³/mol. The fourth-order valence-corrected chi connectivity index (χ4v) is 2.91. The molecule has 0 atom stereocenters. The van der Waals surface area contributed by atoms with Crippen LogP contribution < -0.4 is 9.64 Å². The topological polar surface area (TPSA) is 29.5 Å². The number of ether oxygens (including phenoxy) is 1. The van der Waals surface area contributed by atoms with Gasteiger partial charge in [0.2, 0.25) is 0 Å². The number of fused-ring (bicyclic) bond motifs is 1. The third-order valence-electron chi connectivity index (χ3n) is 4.10. The minimum Gasteiger partial charge on any atom is -0.458 e. The average molecular weight is 327 g/mol. The summed E-state index contributed by atoms with van der Waals surface area (Å²) in [6.45, 7) is 0.402. The van der Waals surface area contributed by atoms with E-state index in [0.717, 1.165) is 17.0 Å². The van der Waals surface area contributed by atoms with Gasteiger partial charge in [-0.3, -0.25) is 9.69 Å². The van der Waals surface area contributed by atoms with E-state index < -0.39 is 0 Å². The van der Waals surface area contributed by atoms with Gasteiger partial charge in [0.25, 0.3) is 5.91 Å². The number of nitrogens with zero attached hydrogens (tertiary/aromatic N) is 1. The Morgan fingerprint density at radius 3 is 2.24 bits per heavy atom. The van der Waals surface area contributed by atoms with Gasteiger partial charge < -0.3 is 4.74 Å².